The average molecular weight is 509 g/mol. The summed E-state index contributed by atoms with van der Waals surface area (Å²) in [4.78, 5) is 15.1. The van der Waals surface area contributed by atoms with Crippen LogP contribution in [0.2, 0.25) is 0 Å². The molecule has 5 rings (SSSR count). The molecule has 2 aromatic carbocycles. The Balaban J connectivity index is 1.40. The van der Waals surface area contributed by atoms with Crippen LogP contribution in [0.4, 0.5) is 0 Å². The number of carbonyl (C=O) groups excluding carboxylic acids is 1. The highest BCUT2D eigenvalue weighted by molar-refractivity contribution is 7.99. The van der Waals surface area contributed by atoms with Gasteiger partial charge in [0.15, 0.2) is 20.8 Å². The molecule has 1 saturated heterocycles. The van der Waals surface area contributed by atoms with Crippen molar-refractivity contribution in [2.24, 2.45) is 0 Å². The van der Waals surface area contributed by atoms with E-state index < -0.39 is 9.84 Å². The van der Waals surface area contributed by atoms with Crippen molar-refractivity contribution < 1.29 is 17.6 Å². The largest absolute Gasteiger partial charge is 0.461 e. The molecule has 180 valence electrons. The van der Waals surface area contributed by atoms with Crippen LogP contribution in [-0.4, -0.2) is 57.3 Å². The molecule has 4 aromatic rings. The second-order valence-corrected chi connectivity index (χ2v) is 11.5. The molecule has 2 aromatic heterocycles. The van der Waals surface area contributed by atoms with Gasteiger partial charge in [-0.3, -0.25) is 9.36 Å². The van der Waals surface area contributed by atoms with Crippen molar-refractivity contribution in [2.75, 3.05) is 17.3 Å². The Morgan fingerprint density at radius 1 is 1.03 bits per heavy atom. The maximum atomic E-state index is 13.4. The van der Waals surface area contributed by atoms with Crippen molar-refractivity contribution in [3.8, 4) is 17.3 Å². The third-order valence-electron chi connectivity index (χ3n) is 5.88. The first kappa shape index (κ1) is 23.4. The standard InChI is InChI=1S/C25H24N4O4S2/c30-23(28(16-19-8-3-1-4-9-19)21-13-15-35(31,32)18-21)17-34-25-27-26-24(22-12-7-14-33-22)29(25)20-10-5-2-6-11-20/h1-12,14,21H,13,15-18H2/t21-/m0/s1. The van der Waals surface area contributed by atoms with Crippen LogP contribution in [0.1, 0.15) is 12.0 Å². The van der Waals surface area contributed by atoms with Crippen molar-refractivity contribution in [2.45, 2.75) is 24.2 Å². The first-order valence-corrected chi connectivity index (χ1v) is 14.0. The van der Waals surface area contributed by atoms with Gasteiger partial charge < -0.3 is 9.32 Å². The lowest BCUT2D eigenvalue weighted by Crippen LogP contribution is -2.41. The predicted octanol–water partition coefficient (Wildman–Crippen LogP) is 3.84. The molecule has 10 heteroatoms. The zero-order valence-corrected chi connectivity index (χ0v) is 20.5. The van der Waals surface area contributed by atoms with Crippen molar-refractivity contribution in [1.29, 1.82) is 0 Å². The summed E-state index contributed by atoms with van der Waals surface area (Å²) < 4.78 is 31.7. The maximum absolute atomic E-state index is 13.4. The van der Waals surface area contributed by atoms with Crippen molar-refractivity contribution in [1.82, 2.24) is 19.7 Å². The molecule has 0 aliphatic carbocycles. The fourth-order valence-electron chi connectivity index (χ4n) is 4.17. The van der Waals surface area contributed by atoms with Crippen LogP contribution in [0.5, 0.6) is 0 Å². The van der Waals surface area contributed by atoms with Crippen LogP contribution in [0.15, 0.2) is 88.6 Å². The van der Waals surface area contributed by atoms with Gasteiger partial charge in [0.05, 0.1) is 23.5 Å². The molecule has 8 nitrogen and oxygen atoms in total. The molecule has 3 heterocycles. The number of thioether (sulfide) groups is 1. The lowest BCUT2D eigenvalue weighted by atomic mass is 10.1. The minimum Gasteiger partial charge on any atom is -0.461 e. The van der Waals surface area contributed by atoms with E-state index in [9.17, 15) is 13.2 Å². The van der Waals surface area contributed by atoms with Gasteiger partial charge >= 0.3 is 0 Å². The summed E-state index contributed by atoms with van der Waals surface area (Å²) in [6, 6.07) is 22.5. The normalized spacial score (nSPS) is 16.9. The second-order valence-electron chi connectivity index (χ2n) is 8.31. The first-order valence-electron chi connectivity index (χ1n) is 11.2. The predicted molar refractivity (Wildman–Crippen MR) is 134 cm³/mol. The zero-order valence-electron chi connectivity index (χ0n) is 18.9. The Morgan fingerprint density at radius 2 is 1.77 bits per heavy atom. The molecule has 35 heavy (non-hydrogen) atoms. The van der Waals surface area contributed by atoms with Gasteiger partial charge in [0.2, 0.25) is 11.7 Å². The number of furan rings is 1. The summed E-state index contributed by atoms with van der Waals surface area (Å²) in [7, 11) is -3.14. The summed E-state index contributed by atoms with van der Waals surface area (Å²) in [6.07, 6.45) is 2.03. The smallest absolute Gasteiger partial charge is 0.233 e. The lowest BCUT2D eigenvalue weighted by Gasteiger charge is -2.28. The minimum absolute atomic E-state index is 0.000913. The number of nitrogens with zero attached hydrogens (tertiary/aromatic N) is 4. The fraction of sp³-hybridized carbons (Fsp3) is 0.240. The number of hydrogen-bond acceptors (Lipinski definition) is 7. The van der Waals surface area contributed by atoms with Crippen molar-refractivity contribution in [3.05, 3.63) is 84.6 Å². The van der Waals surface area contributed by atoms with E-state index in [1.54, 1.807) is 17.2 Å². The molecular formula is C25H24N4O4S2. The average Bonchev–Trinajstić information content (AvgIpc) is 3.62. The molecule has 0 bridgehead atoms. The highest BCUT2D eigenvalue weighted by Gasteiger charge is 2.35. The Morgan fingerprint density at radius 3 is 2.43 bits per heavy atom. The van der Waals surface area contributed by atoms with Crippen LogP contribution in [-0.2, 0) is 21.2 Å². The number of hydrogen-bond donors (Lipinski definition) is 0. The van der Waals surface area contributed by atoms with E-state index in [0.717, 1.165) is 11.3 Å². The van der Waals surface area contributed by atoms with Gasteiger partial charge in [-0.1, -0.05) is 60.3 Å². The minimum atomic E-state index is -3.14. The Kier molecular flexibility index (Phi) is 6.74. The number of para-hydroxylation sites is 1. The maximum Gasteiger partial charge on any atom is 0.233 e. The molecule has 0 spiro atoms. The molecule has 0 radical (unpaired) electrons. The van der Waals surface area contributed by atoms with E-state index >= 15 is 0 Å². The summed E-state index contributed by atoms with van der Waals surface area (Å²) >= 11 is 1.27. The number of benzene rings is 2. The number of sulfone groups is 1. The van der Waals surface area contributed by atoms with Gasteiger partial charge in [-0.05, 0) is 36.2 Å². The van der Waals surface area contributed by atoms with Crippen LogP contribution >= 0.6 is 11.8 Å². The van der Waals surface area contributed by atoms with Crippen LogP contribution in [0.3, 0.4) is 0 Å². The quantitative estimate of drug-likeness (QED) is 0.334. The molecular weight excluding hydrogens is 484 g/mol. The second kappa shape index (κ2) is 10.1. The SMILES string of the molecule is O=C(CSc1nnc(-c2ccco2)n1-c1ccccc1)N(Cc1ccccc1)[C@H]1CCS(=O)(=O)C1. The number of rotatable bonds is 8. The topological polar surface area (TPSA) is 98.3 Å². The number of carbonyl (C=O) groups is 1. The van der Waals surface area contributed by atoms with E-state index in [2.05, 4.69) is 10.2 Å². The molecule has 1 aliphatic rings. The molecule has 1 aliphatic heterocycles. The first-order chi connectivity index (χ1) is 17.0. The zero-order chi connectivity index (χ0) is 24.3. The highest BCUT2D eigenvalue weighted by atomic mass is 32.2. The Bertz CT molecular complexity index is 1390. The summed E-state index contributed by atoms with van der Waals surface area (Å²) in [5.74, 6) is 1.19. The summed E-state index contributed by atoms with van der Waals surface area (Å²) in [5, 5.41) is 9.20. The molecule has 1 fully saturated rings. The Labute approximate surface area is 207 Å². The fourth-order valence-corrected chi connectivity index (χ4v) is 6.74. The van der Waals surface area contributed by atoms with Crippen molar-refractivity contribution >= 4 is 27.5 Å². The molecule has 0 saturated carbocycles. The van der Waals surface area contributed by atoms with E-state index in [0.29, 0.717) is 29.7 Å². The van der Waals surface area contributed by atoms with E-state index in [-0.39, 0.29) is 29.2 Å². The van der Waals surface area contributed by atoms with Crippen LogP contribution in [0, 0.1) is 0 Å². The number of amides is 1. The van der Waals surface area contributed by atoms with Crippen LogP contribution < -0.4 is 0 Å². The van der Waals surface area contributed by atoms with Gasteiger partial charge in [-0.25, -0.2) is 8.42 Å². The van der Waals surface area contributed by atoms with E-state index in [4.69, 9.17) is 4.42 Å². The Hall–Kier alpha value is -3.37. The molecule has 1 atom stereocenters. The molecule has 1 amide bonds. The van der Waals surface area contributed by atoms with E-state index in [1.807, 2.05) is 71.3 Å². The molecule has 0 unspecified atom stereocenters. The molecule has 0 N–H and O–H groups in total. The summed E-state index contributed by atoms with van der Waals surface area (Å²) in [5.41, 5.74) is 1.81. The van der Waals surface area contributed by atoms with Gasteiger partial charge in [0, 0.05) is 18.3 Å². The summed E-state index contributed by atoms with van der Waals surface area (Å²) in [6.45, 7) is 0.365. The monoisotopic (exact) mass is 508 g/mol. The van der Waals surface area contributed by atoms with Crippen LogP contribution in [0.25, 0.3) is 17.3 Å². The number of aromatic nitrogens is 3. The van der Waals surface area contributed by atoms with Gasteiger partial charge in [-0.15, -0.1) is 10.2 Å². The van der Waals surface area contributed by atoms with Gasteiger partial charge in [0.1, 0.15) is 0 Å². The highest BCUT2D eigenvalue weighted by Crippen LogP contribution is 2.29. The van der Waals surface area contributed by atoms with Crippen molar-refractivity contribution in [3.63, 3.8) is 0 Å². The van der Waals surface area contributed by atoms with Gasteiger partial charge in [0.25, 0.3) is 0 Å². The lowest BCUT2D eigenvalue weighted by molar-refractivity contribution is -0.130. The van der Waals surface area contributed by atoms with E-state index in [1.165, 1.54) is 11.8 Å². The third kappa shape index (κ3) is 5.33. The van der Waals surface area contributed by atoms with Gasteiger partial charge in [-0.2, -0.15) is 0 Å². The third-order valence-corrected chi connectivity index (χ3v) is 8.54.